The van der Waals surface area contributed by atoms with E-state index in [1.54, 1.807) is 0 Å². The summed E-state index contributed by atoms with van der Waals surface area (Å²) in [6.07, 6.45) is 1.14. The Labute approximate surface area is 300 Å². The van der Waals surface area contributed by atoms with Crippen molar-refractivity contribution in [3.05, 3.63) is 113 Å². The molecule has 46 heavy (non-hydrogen) atoms. The van der Waals surface area contributed by atoms with Gasteiger partial charge in [0.05, 0.1) is 9.52 Å². The van der Waals surface area contributed by atoms with Crippen molar-refractivity contribution in [1.82, 2.24) is 0 Å². The third kappa shape index (κ3) is 8.99. The summed E-state index contributed by atoms with van der Waals surface area (Å²) >= 11 is -0.826. The summed E-state index contributed by atoms with van der Waals surface area (Å²) in [5.74, 6) is 1.16. The van der Waals surface area contributed by atoms with Gasteiger partial charge in [-0.05, 0) is 45.8 Å². The van der Waals surface area contributed by atoms with Crippen molar-refractivity contribution in [3.63, 3.8) is 0 Å². The van der Waals surface area contributed by atoms with Crippen LogP contribution in [0.3, 0.4) is 0 Å². The van der Waals surface area contributed by atoms with E-state index in [0.717, 1.165) is 15.9 Å². The van der Waals surface area contributed by atoms with E-state index < -0.39 is 20.8 Å². The molecule has 0 spiro atoms. The molecule has 1 aliphatic heterocycles. The third-order valence-corrected chi connectivity index (χ3v) is 9.90. The summed E-state index contributed by atoms with van der Waals surface area (Å²) in [6.45, 7) is 23.2. The van der Waals surface area contributed by atoms with Gasteiger partial charge in [0.1, 0.15) is 0 Å². The maximum absolute atomic E-state index is 4.93. The van der Waals surface area contributed by atoms with Gasteiger partial charge in [-0.3, -0.25) is 0 Å². The van der Waals surface area contributed by atoms with Gasteiger partial charge in [0.15, 0.2) is 0 Å². The Kier molecular flexibility index (Phi) is 12.5. The monoisotopic (exact) mass is 740 g/mol. The van der Waals surface area contributed by atoms with Crippen LogP contribution in [0.25, 0.3) is 33.0 Å². The SMILES string of the molecule is CC(C)Cc1cc2c(-c3cc(C(C)(C)C)cc(C(C)(C)C)c3)c(C(C)C)ccc2[cH-]1.[Cl][Zr+2][Cl].[c-]1cccc2c1[Si]c1ccccc1-2. The predicted molar refractivity (Wildman–Crippen MR) is 202 cm³/mol. The Morgan fingerprint density at radius 1 is 0.783 bits per heavy atom. The molecular weight excluding hydrogens is 695 g/mol. The molecule has 0 N–H and O–H groups in total. The van der Waals surface area contributed by atoms with Crippen LogP contribution in [0.15, 0.2) is 84.9 Å². The van der Waals surface area contributed by atoms with E-state index in [1.165, 1.54) is 65.7 Å². The molecule has 0 aromatic heterocycles. The van der Waals surface area contributed by atoms with E-state index >= 15 is 0 Å². The van der Waals surface area contributed by atoms with Crippen molar-refractivity contribution in [2.24, 2.45) is 5.92 Å². The molecule has 0 atom stereocenters. The molecule has 0 bridgehead atoms. The van der Waals surface area contributed by atoms with Gasteiger partial charge in [0, 0.05) is 0 Å². The Hall–Kier alpha value is -1.83. The summed E-state index contributed by atoms with van der Waals surface area (Å²) in [5.41, 5.74) is 11.6. The molecule has 0 unspecified atom stereocenters. The van der Waals surface area contributed by atoms with Gasteiger partial charge >= 0.3 is 37.9 Å². The fourth-order valence-electron chi connectivity index (χ4n) is 6.12. The Balaban J connectivity index is 0.000000245. The van der Waals surface area contributed by atoms with Crippen molar-refractivity contribution in [1.29, 1.82) is 0 Å². The van der Waals surface area contributed by atoms with Gasteiger partial charge in [-0.1, -0.05) is 134 Å². The third-order valence-electron chi connectivity index (χ3n) is 8.53. The molecule has 0 nitrogen and oxygen atoms in total. The van der Waals surface area contributed by atoms with Crippen LogP contribution in [0, 0.1) is 12.0 Å². The second kappa shape index (κ2) is 15.6. The van der Waals surface area contributed by atoms with E-state index in [9.17, 15) is 0 Å². The van der Waals surface area contributed by atoms with E-state index in [1.807, 2.05) is 6.07 Å². The summed E-state index contributed by atoms with van der Waals surface area (Å²) in [7, 11) is 10.7. The van der Waals surface area contributed by atoms with Gasteiger partial charge < -0.3 is 0 Å². The molecule has 5 aromatic rings. The molecule has 0 amide bonds. The molecule has 0 saturated heterocycles. The van der Waals surface area contributed by atoms with Gasteiger partial charge in [0.25, 0.3) is 0 Å². The number of benzene rings is 4. The first-order chi connectivity index (χ1) is 21.6. The molecule has 4 heteroatoms. The van der Waals surface area contributed by atoms with Crippen molar-refractivity contribution >= 4 is 47.7 Å². The molecule has 1 heterocycles. The zero-order chi connectivity index (χ0) is 33.8. The van der Waals surface area contributed by atoms with Crippen molar-refractivity contribution in [2.75, 3.05) is 0 Å². The molecule has 0 saturated carbocycles. The Bertz CT molecular complexity index is 1690. The molecule has 1 aliphatic rings. The normalized spacial score (nSPS) is 12.2. The van der Waals surface area contributed by atoms with Crippen LogP contribution in [0.1, 0.15) is 97.4 Å². The largest absolute Gasteiger partial charge is 0.184 e. The van der Waals surface area contributed by atoms with Gasteiger partial charge in [-0.25, -0.2) is 0 Å². The number of hydrogen-bond donors (Lipinski definition) is 0. The minimum absolute atomic E-state index is 0.122. The van der Waals surface area contributed by atoms with E-state index in [-0.39, 0.29) is 10.8 Å². The number of rotatable bonds is 4. The van der Waals surface area contributed by atoms with Crippen molar-refractivity contribution < 1.29 is 20.8 Å². The van der Waals surface area contributed by atoms with Gasteiger partial charge in [-0.2, -0.15) is 35.5 Å². The van der Waals surface area contributed by atoms with Crippen LogP contribution in [0.2, 0.25) is 0 Å². The van der Waals surface area contributed by atoms with Crippen LogP contribution in [0.4, 0.5) is 0 Å². The maximum atomic E-state index is 4.93. The first-order valence-corrected chi connectivity index (χ1v) is 23.7. The topological polar surface area (TPSA) is 0 Å². The summed E-state index contributed by atoms with van der Waals surface area (Å²) in [5, 5.41) is 5.62. The van der Waals surface area contributed by atoms with E-state index in [4.69, 9.17) is 17.0 Å². The standard InChI is InChI=1S/C30H41.C12H7Si.2ClH.Zr/c1-19(2)13-21-14-22-11-12-26(20(3)4)28(27(22)15-21)23-16-24(29(5,6)7)18-25(17-23)30(8,9)10;1-3-7-11-9(5-1)10-6-2-4-8-12(10)13-11;;;/h11-12,14-20H,13H2,1-10H3;1-7H;2*1H;/q2*-1;;;+4/p-2. The number of halogens is 2. The second-order valence-corrected chi connectivity index (χ2v) is 20.2. The first-order valence-electron chi connectivity index (χ1n) is 16.4. The Morgan fingerprint density at radius 2 is 1.39 bits per heavy atom. The molecule has 6 rings (SSSR count). The van der Waals surface area contributed by atoms with Crippen LogP contribution in [-0.4, -0.2) is 9.52 Å². The van der Waals surface area contributed by atoms with Crippen molar-refractivity contribution in [2.45, 2.75) is 92.4 Å². The molecule has 5 aromatic carbocycles. The van der Waals surface area contributed by atoms with Crippen LogP contribution in [0.5, 0.6) is 0 Å². The van der Waals surface area contributed by atoms with Gasteiger partial charge in [-0.15, -0.1) is 40.1 Å². The van der Waals surface area contributed by atoms with Crippen molar-refractivity contribution in [3.8, 4) is 22.3 Å². The fraction of sp³-hybridized carbons (Fsp3) is 0.357. The molecular formula is C42H48Cl2SiZr. The van der Waals surface area contributed by atoms with Gasteiger partial charge in [0.2, 0.25) is 0 Å². The minimum Gasteiger partial charge on any atom is -0.184 e. The fourth-order valence-corrected chi connectivity index (χ4v) is 7.43. The average molecular weight is 743 g/mol. The smallest absolute Gasteiger partial charge is 0.0920 e. The average Bonchev–Trinajstić information content (AvgIpc) is 3.56. The molecule has 238 valence electrons. The Morgan fingerprint density at radius 3 is 1.98 bits per heavy atom. The van der Waals surface area contributed by atoms with Crippen LogP contribution < -0.4 is 10.4 Å². The minimum atomic E-state index is -0.826. The zero-order valence-electron chi connectivity index (χ0n) is 29.2. The molecule has 0 fully saturated rings. The van der Waals surface area contributed by atoms with E-state index in [0.29, 0.717) is 11.8 Å². The summed E-state index contributed by atoms with van der Waals surface area (Å²) < 4.78 is 0. The first kappa shape index (κ1) is 37.0. The summed E-state index contributed by atoms with van der Waals surface area (Å²) in [6, 6.07) is 35.0. The van der Waals surface area contributed by atoms with Crippen LogP contribution in [-0.2, 0) is 38.1 Å². The second-order valence-electron chi connectivity index (χ2n) is 15.1. The zero-order valence-corrected chi connectivity index (χ0v) is 34.2. The number of hydrogen-bond acceptors (Lipinski definition) is 0. The summed E-state index contributed by atoms with van der Waals surface area (Å²) in [4.78, 5) is 0. The number of fused-ring (bicyclic) bond motifs is 4. The molecule has 2 radical (unpaired) electrons. The maximum Gasteiger partial charge on any atom is 0.0920 e. The quantitative estimate of drug-likeness (QED) is 0.125. The molecule has 0 aliphatic carbocycles. The van der Waals surface area contributed by atoms with Crippen LogP contribution >= 0.6 is 17.0 Å². The van der Waals surface area contributed by atoms with E-state index in [2.05, 4.69) is 154 Å². The predicted octanol–water partition coefficient (Wildman–Crippen LogP) is 11.6.